The number of morpholine rings is 1. The predicted octanol–water partition coefficient (Wildman–Crippen LogP) is 1.88. The fourth-order valence-electron chi connectivity index (χ4n) is 4.67. The van der Waals surface area contributed by atoms with Gasteiger partial charge in [0.2, 0.25) is 11.8 Å². The molecule has 0 aliphatic carbocycles. The van der Waals surface area contributed by atoms with Gasteiger partial charge in [0.1, 0.15) is 0 Å². The molecule has 2 amide bonds. The summed E-state index contributed by atoms with van der Waals surface area (Å²) in [5.74, 6) is 0.523. The number of ether oxygens (including phenoxy) is 1. The summed E-state index contributed by atoms with van der Waals surface area (Å²) in [6.07, 6.45) is 6.90. The third-order valence-corrected chi connectivity index (χ3v) is 6.02. The largest absolute Gasteiger partial charge is 0.373 e. The van der Waals surface area contributed by atoms with Gasteiger partial charge in [-0.25, -0.2) is 0 Å². The van der Waals surface area contributed by atoms with Crippen LogP contribution in [0, 0.1) is 0 Å². The van der Waals surface area contributed by atoms with Gasteiger partial charge in [-0.05, 0) is 46.0 Å². The SMILES string of the molecule is C[C@@H]1CN(C2CCN(C(=O)CCCN3CCCCC3=O)CC2)C[C@H](C)O1. The second-order valence-corrected chi connectivity index (χ2v) is 8.26. The van der Waals surface area contributed by atoms with Crippen molar-refractivity contribution in [2.75, 3.05) is 39.3 Å². The van der Waals surface area contributed by atoms with E-state index in [1.165, 1.54) is 0 Å². The van der Waals surface area contributed by atoms with E-state index in [1.54, 1.807) is 0 Å². The summed E-state index contributed by atoms with van der Waals surface area (Å²) < 4.78 is 5.83. The summed E-state index contributed by atoms with van der Waals surface area (Å²) in [5, 5.41) is 0. The Hall–Kier alpha value is -1.14. The Bertz CT molecular complexity index is 481. The molecule has 3 aliphatic rings. The van der Waals surface area contributed by atoms with E-state index < -0.39 is 0 Å². The fourth-order valence-corrected chi connectivity index (χ4v) is 4.67. The van der Waals surface area contributed by atoms with Crippen molar-refractivity contribution >= 4 is 11.8 Å². The lowest BCUT2D eigenvalue weighted by molar-refractivity contribution is -0.136. The molecule has 26 heavy (non-hydrogen) atoms. The van der Waals surface area contributed by atoms with Crippen LogP contribution in [0.5, 0.6) is 0 Å². The van der Waals surface area contributed by atoms with Gasteiger partial charge in [0.15, 0.2) is 0 Å². The lowest BCUT2D eigenvalue weighted by Crippen LogP contribution is -2.53. The van der Waals surface area contributed by atoms with Crippen LogP contribution < -0.4 is 0 Å². The summed E-state index contributed by atoms with van der Waals surface area (Å²) in [5.41, 5.74) is 0. The van der Waals surface area contributed by atoms with Gasteiger partial charge in [0, 0.05) is 58.2 Å². The standard InChI is InChI=1S/C20H35N3O3/c1-16-14-23(15-17(2)26-16)18-8-12-22(13-9-18)20(25)7-5-11-21-10-4-3-6-19(21)24/h16-18H,3-15H2,1-2H3/t16-,17+. The van der Waals surface area contributed by atoms with Crippen LogP contribution in [0.3, 0.4) is 0 Å². The monoisotopic (exact) mass is 365 g/mol. The Morgan fingerprint density at radius 2 is 1.77 bits per heavy atom. The summed E-state index contributed by atoms with van der Waals surface area (Å²) in [6.45, 7) is 9.65. The minimum Gasteiger partial charge on any atom is -0.373 e. The lowest BCUT2D eigenvalue weighted by Gasteiger charge is -2.43. The zero-order chi connectivity index (χ0) is 18.5. The molecule has 0 aromatic rings. The zero-order valence-corrected chi connectivity index (χ0v) is 16.5. The molecular weight excluding hydrogens is 330 g/mol. The molecule has 6 heteroatoms. The van der Waals surface area contributed by atoms with Gasteiger partial charge >= 0.3 is 0 Å². The molecule has 0 unspecified atom stereocenters. The molecule has 0 bridgehead atoms. The maximum Gasteiger partial charge on any atom is 0.222 e. The molecule has 0 saturated carbocycles. The number of hydrogen-bond acceptors (Lipinski definition) is 4. The number of nitrogens with zero attached hydrogens (tertiary/aromatic N) is 3. The van der Waals surface area contributed by atoms with Crippen LogP contribution in [0.25, 0.3) is 0 Å². The van der Waals surface area contributed by atoms with E-state index in [9.17, 15) is 9.59 Å². The normalized spacial score (nSPS) is 29.2. The van der Waals surface area contributed by atoms with Crippen LogP contribution in [-0.2, 0) is 14.3 Å². The first-order valence-electron chi connectivity index (χ1n) is 10.5. The average Bonchev–Trinajstić information content (AvgIpc) is 2.62. The molecule has 148 valence electrons. The maximum absolute atomic E-state index is 12.5. The molecule has 3 fully saturated rings. The first-order chi connectivity index (χ1) is 12.5. The number of carbonyl (C=O) groups excluding carboxylic acids is 2. The van der Waals surface area contributed by atoms with Gasteiger partial charge in [0.25, 0.3) is 0 Å². The second kappa shape index (κ2) is 9.18. The predicted molar refractivity (Wildman–Crippen MR) is 101 cm³/mol. The van der Waals surface area contributed by atoms with Crippen molar-refractivity contribution in [1.82, 2.24) is 14.7 Å². The zero-order valence-electron chi connectivity index (χ0n) is 16.5. The quantitative estimate of drug-likeness (QED) is 0.746. The van der Waals surface area contributed by atoms with E-state index in [-0.39, 0.29) is 11.8 Å². The van der Waals surface area contributed by atoms with Crippen molar-refractivity contribution in [1.29, 1.82) is 0 Å². The van der Waals surface area contributed by atoms with E-state index in [0.29, 0.717) is 31.1 Å². The minimum atomic E-state index is 0.261. The molecule has 0 N–H and O–H groups in total. The Morgan fingerprint density at radius 3 is 2.42 bits per heavy atom. The van der Waals surface area contributed by atoms with Crippen LogP contribution >= 0.6 is 0 Å². The molecule has 3 heterocycles. The van der Waals surface area contributed by atoms with Gasteiger partial charge in [-0.2, -0.15) is 0 Å². The van der Waals surface area contributed by atoms with Crippen molar-refractivity contribution in [3.8, 4) is 0 Å². The van der Waals surface area contributed by atoms with Crippen LogP contribution in [0.1, 0.15) is 58.8 Å². The number of likely N-dealkylation sites (tertiary alicyclic amines) is 2. The topological polar surface area (TPSA) is 53.1 Å². The fraction of sp³-hybridized carbons (Fsp3) is 0.900. The summed E-state index contributed by atoms with van der Waals surface area (Å²) in [4.78, 5) is 30.8. The summed E-state index contributed by atoms with van der Waals surface area (Å²) in [6, 6.07) is 0.582. The van der Waals surface area contributed by atoms with Gasteiger partial charge in [-0.3, -0.25) is 14.5 Å². The molecule has 0 aromatic carbocycles. The molecular formula is C20H35N3O3. The number of rotatable bonds is 5. The molecule has 0 spiro atoms. The highest BCUT2D eigenvalue weighted by Crippen LogP contribution is 2.22. The Morgan fingerprint density at radius 1 is 1.08 bits per heavy atom. The first-order valence-corrected chi connectivity index (χ1v) is 10.5. The molecule has 0 radical (unpaired) electrons. The molecule has 2 atom stereocenters. The molecule has 0 aromatic heterocycles. The maximum atomic E-state index is 12.5. The third-order valence-electron chi connectivity index (χ3n) is 6.02. The first kappa shape index (κ1) is 19.6. The highest BCUT2D eigenvalue weighted by Gasteiger charge is 2.31. The summed E-state index contributed by atoms with van der Waals surface area (Å²) in [7, 11) is 0. The van der Waals surface area contributed by atoms with Crippen molar-refractivity contribution in [3.05, 3.63) is 0 Å². The van der Waals surface area contributed by atoms with E-state index in [2.05, 4.69) is 18.7 Å². The van der Waals surface area contributed by atoms with Gasteiger partial charge in [-0.1, -0.05) is 0 Å². The number of amides is 2. The average molecular weight is 366 g/mol. The summed E-state index contributed by atoms with van der Waals surface area (Å²) >= 11 is 0. The van der Waals surface area contributed by atoms with Crippen LogP contribution in [0.15, 0.2) is 0 Å². The third kappa shape index (κ3) is 5.19. The lowest BCUT2D eigenvalue weighted by atomic mass is 10.0. The van der Waals surface area contributed by atoms with E-state index >= 15 is 0 Å². The smallest absolute Gasteiger partial charge is 0.222 e. The van der Waals surface area contributed by atoms with Crippen molar-refractivity contribution in [2.45, 2.75) is 77.0 Å². The molecule has 3 aliphatic heterocycles. The highest BCUT2D eigenvalue weighted by molar-refractivity contribution is 5.77. The minimum absolute atomic E-state index is 0.261. The molecule has 3 rings (SSSR count). The van der Waals surface area contributed by atoms with E-state index in [4.69, 9.17) is 4.74 Å². The van der Waals surface area contributed by atoms with E-state index in [0.717, 1.165) is 71.4 Å². The van der Waals surface area contributed by atoms with Gasteiger partial charge in [-0.15, -0.1) is 0 Å². The Balaban J connectivity index is 1.36. The number of piperidine rings is 2. The van der Waals surface area contributed by atoms with Crippen molar-refractivity contribution < 1.29 is 14.3 Å². The van der Waals surface area contributed by atoms with Crippen molar-refractivity contribution in [3.63, 3.8) is 0 Å². The van der Waals surface area contributed by atoms with Crippen molar-refractivity contribution in [2.24, 2.45) is 0 Å². The van der Waals surface area contributed by atoms with Crippen LogP contribution in [0.2, 0.25) is 0 Å². The highest BCUT2D eigenvalue weighted by atomic mass is 16.5. The van der Waals surface area contributed by atoms with Gasteiger partial charge < -0.3 is 14.5 Å². The van der Waals surface area contributed by atoms with E-state index in [1.807, 2.05) is 9.80 Å². The number of carbonyl (C=O) groups is 2. The van der Waals surface area contributed by atoms with Crippen LogP contribution in [-0.4, -0.2) is 84.0 Å². The molecule has 6 nitrogen and oxygen atoms in total. The second-order valence-electron chi connectivity index (χ2n) is 8.26. The van der Waals surface area contributed by atoms with Gasteiger partial charge in [0.05, 0.1) is 12.2 Å². The number of hydrogen-bond donors (Lipinski definition) is 0. The Kier molecular flexibility index (Phi) is 6.92. The van der Waals surface area contributed by atoms with Crippen LogP contribution in [0.4, 0.5) is 0 Å². The Labute approximate surface area is 157 Å². The molecule has 3 saturated heterocycles.